The number of benzene rings is 2. The molecule has 1 heterocycles. The summed E-state index contributed by atoms with van der Waals surface area (Å²) in [5.74, 6) is 1.49. The van der Waals surface area contributed by atoms with Crippen molar-refractivity contribution in [1.29, 1.82) is 0 Å². The standard InChI is InChI=1S/C23H24ClN3O3/c1-4-30-19-15-16(14-18(24)22(19)29-3)10-11-20(28)26-21(17-8-6-5-7-9-17)23-25-12-13-27(23)2/h5-15,21H,4H2,1-3H3,(H,26,28)/b11-10+. The summed E-state index contributed by atoms with van der Waals surface area (Å²) in [4.78, 5) is 17.1. The molecule has 0 radical (unpaired) electrons. The van der Waals surface area contributed by atoms with E-state index in [0.29, 0.717) is 23.1 Å². The van der Waals surface area contributed by atoms with Crippen molar-refractivity contribution in [1.82, 2.24) is 14.9 Å². The molecule has 30 heavy (non-hydrogen) atoms. The van der Waals surface area contributed by atoms with Gasteiger partial charge in [0.25, 0.3) is 0 Å². The second-order valence-electron chi connectivity index (χ2n) is 6.55. The molecule has 0 saturated heterocycles. The van der Waals surface area contributed by atoms with E-state index in [0.717, 1.165) is 17.0 Å². The fraction of sp³-hybridized carbons (Fsp3) is 0.217. The van der Waals surface area contributed by atoms with Crippen molar-refractivity contribution in [3.63, 3.8) is 0 Å². The first-order chi connectivity index (χ1) is 14.5. The van der Waals surface area contributed by atoms with Crippen LogP contribution in [0.1, 0.15) is 29.9 Å². The Hall–Kier alpha value is -3.25. The Morgan fingerprint density at radius 3 is 2.70 bits per heavy atom. The maximum atomic E-state index is 12.7. The Morgan fingerprint density at radius 1 is 1.30 bits per heavy atom. The number of aromatic nitrogens is 2. The van der Waals surface area contributed by atoms with Crippen molar-refractivity contribution < 1.29 is 14.3 Å². The zero-order chi connectivity index (χ0) is 21.5. The number of nitrogens with zero attached hydrogens (tertiary/aromatic N) is 2. The predicted octanol–water partition coefficient (Wildman–Crippen LogP) is 4.40. The molecule has 0 aliphatic carbocycles. The van der Waals surface area contributed by atoms with Crippen molar-refractivity contribution in [2.75, 3.05) is 13.7 Å². The lowest BCUT2D eigenvalue weighted by Gasteiger charge is -2.18. The number of carbonyl (C=O) groups is 1. The normalized spacial score (nSPS) is 12.0. The number of aryl methyl sites for hydroxylation is 1. The van der Waals surface area contributed by atoms with Crippen molar-refractivity contribution >= 4 is 23.6 Å². The molecule has 0 bridgehead atoms. The molecule has 156 valence electrons. The van der Waals surface area contributed by atoms with Gasteiger partial charge in [0.2, 0.25) is 5.91 Å². The molecule has 3 rings (SSSR count). The second kappa shape index (κ2) is 9.98. The quantitative estimate of drug-likeness (QED) is 0.543. The highest BCUT2D eigenvalue weighted by atomic mass is 35.5. The molecule has 1 atom stereocenters. The fourth-order valence-electron chi connectivity index (χ4n) is 3.11. The lowest BCUT2D eigenvalue weighted by molar-refractivity contribution is -0.117. The Morgan fingerprint density at radius 2 is 2.07 bits per heavy atom. The molecule has 0 aliphatic heterocycles. The topological polar surface area (TPSA) is 65.4 Å². The number of nitrogens with one attached hydrogen (secondary N) is 1. The molecule has 1 aromatic heterocycles. The largest absolute Gasteiger partial charge is 0.491 e. The van der Waals surface area contributed by atoms with E-state index in [4.69, 9.17) is 21.1 Å². The minimum Gasteiger partial charge on any atom is -0.491 e. The highest BCUT2D eigenvalue weighted by Gasteiger charge is 2.19. The monoisotopic (exact) mass is 425 g/mol. The van der Waals surface area contributed by atoms with Crippen LogP contribution >= 0.6 is 11.6 Å². The zero-order valence-corrected chi connectivity index (χ0v) is 17.9. The summed E-state index contributed by atoms with van der Waals surface area (Å²) < 4.78 is 12.8. The van der Waals surface area contributed by atoms with Crippen molar-refractivity contribution in [2.24, 2.45) is 7.05 Å². The Kier molecular flexibility index (Phi) is 7.14. The number of methoxy groups -OCH3 is 1. The van der Waals surface area contributed by atoms with Crippen molar-refractivity contribution in [3.05, 3.63) is 82.9 Å². The molecule has 7 heteroatoms. The summed E-state index contributed by atoms with van der Waals surface area (Å²) in [6.07, 6.45) is 6.71. The minimum absolute atomic E-state index is 0.253. The third-order valence-electron chi connectivity index (χ3n) is 4.50. The van der Waals surface area contributed by atoms with Gasteiger partial charge in [-0.15, -0.1) is 0 Å². The second-order valence-corrected chi connectivity index (χ2v) is 6.96. The van der Waals surface area contributed by atoms with E-state index in [1.807, 2.05) is 55.1 Å². The van der Waals surface area contributed by atoms with Gasteiger partial charge in [0, 0.05) is 25.5 Å². The van der Waals surface area contributed by atoms with E-state index in [2.05, 4.69) is 10.3 Å². The van der Waals surface area contributed by atoms with Crippen LogP contribution in [-0.2, 0) is 11.8 Å². The third-order valence-corrected chi connectivity index (χ3v) is 4.78. The SMILES string of the molecule is CCOc1cc(/C=C/C(=O)NC(c2ccccc2)c2nccn2C)cc(Cl)c1OC. The summed E-state index contributed by atoms with van der Waals surface area (Å²) in [5.41, 5.74) is 1.67. The van der Waals surface area contributed by atoms with Crippen LogP contribution in [0.2, 0.25) is 5.02 Å². The maximum Gasteiger partial charge on any atom is 0.244 e. The van der Waals surface area contributed by atoms with Gasteiger partial charge in [0.05, 0.1) is 18.7 Å². The molecule has 0 spiro atoms. The number of halogens is 1. The van der Waals surface area contributed by atoms with Gasteiger partial charge in [0.15, 0.2) is 11.5 Å². The number of amides is 1. The van der Waals surface area contributed by atoms with Crippen LogP contribution in [0.5, 0.6) is 11.5 Å². The summed E-state index contributed by atoms with van der Waals surface area (Å²) in [6, 6.07) is 12.9. The summed E-state index contributed by atoms with van der Waals surface area (Å²) >= 11 is 6.28. The molecular formula is C23H24ClN3O3. The average molecular weight is 426 g/mol. The van der Waals surface area contributed by atoms with E-state index < -0.39 is 0 Å². The van der Waals surface area contributed by atoms with Gasteiger partial charge < -0.3 is 19.4 Å². The molecule has 1 amide bonds. The van der Waals surface area contributed by atoms with Gasteiger partial charge in [0.1, 0.15) is 11.9 Å². The molecule has 6 nitrogen and oxygen atoms in total. The molecule has 0 aliphatic rings. The fourth-order valence-corrected chi connectivity index (χ4v) is 3.40. The van der Waals surface area contributed by atoms with E-state index in [9.17, 15) is 4.79 Å². The molecule has 0 saturated carbocycles. The number of hydrogen-bond acceptors (Lipinski definition) is 4. The zero-order valence-electron chi connectivity index (χ0n) is 17.1. The number of imidazole rings is 1. The molecule has 0 fully saturated rings. The van der Waals surface area contributed by atoms with Crippen LogP contribution in [-0.4, -0.2) is 29.2 Å². The van der Waals surface area contributed by atoms with E-state index in [1.54, 1.807) is 24.4 Å². The van der Waals surface area contributed by atoms with Gasteiger partial charge in [-0.3, -0.25) is 4.79 Å². The Bertz CT molecular complexity index is 1030. The lowest BCUT2D eigenvalue weighted by Crippen LogP contribution is -2.29. The molecule has 3 aromatic rings. The third kappa shape index (κ3) is 5.02. The number of carbonyl (C=O) groups excluding carboxylic acids is 1. The summed E-state index contributed by atoms with van der Waals surface area (Å²) in [6.45, 7) is 2.35. The number of rotatable bonds is 8. The minimum atomic E-state index is -0.373. The van der Waals surface area contributed by atoms with Gasteiger partial charge in [-0.25, -0.2) is 4.98 Å². The first kappa shape index (κ1) is 21.5. The van der Waals surface area contributed by atoms with Crippen LogP contribution in [0.15, 0.2) is 60.9 Å². The van der Waals surface area contributed by atoms with Crippen LogP contribution in [0.3, 0.4) is 0 Å². The predicted molar refractivity (Wildman–Crippen MR) is 118 cm³/mol. The molecular weight excluding hydrogens is 402 g/mol. The maximum absolute atomic E-state index is 12.7. The van der Waals surface area contributed by atoms with Gasteiger partial charge in [-0.1, -0.05) is 41.9 Å². The van der Waals surface area contributed by atoms with Crippen LogP contribution < -0.4 is 14.8 Å². The Balaban J connectivity index is 1.82. The smallest absolute Gasteiger partial charge is 0.244 e. The highest BCUT2D eigenvalue weighted by molar-refractivity contribution is 6.32. The van der Waals surface area contributed by atoms with Gasteiger partial charge in [-0.05, 0) is 36.3 Å². The lowest BCUT2D eigenvalue weighted by atomic mass is 10.1. The molecule has 2 aromatic carbocycles. The van der Waals surface area contributed by atoms with Crippen molar-refractivity contribution in [2.45, 2.75) is 13.0 Å². The van der Waals surface area contributed by atoms with Gasteiger partial charge in [-0.2, -0.15) is 0 Å². The van der Waals surface area contributed by atoms with Crippen LogP contribution in [0.25, 0.3) is 6.08 Å². The van der Waals surface area contributed by atoms with Crippen molar-refractivity contribution in [3.8, 4) is 11.5 Å². The average Bonchev–Trinajstić information content (AvgIpc) is 3.17. The van der Waals surface area contributed by atoms with Gasteiger partial charge >= 0.3 is 0 Å². The van der Waals surface area contributed by atoms with Crippen LogP contribution in [0.4, 0.5) is 0 Å². The number of ether oxygens (including phenoxy) is 2. The van der Waals surface area contributed by atoms with E-state index in [1.165, 1.54) is 13.2 Å². The summed E-state index contributed by atoms with van der Waals surface area (Å²) in [5, 5.41) is 3.44. The first-order valence-electron chi connectivity index (χ1n) is 9.54. The highest BCUT2D eigenvalue weighted by Crippen LogP contribution is 2.36. The summed E-state index contributed by atoms with van der Waals surface area (Å²) in [7, 11) is 3.43. The Labute approximate surface area is 181 Å². The molecule has 1 N–H and O–H groups in total. The van der Waals surface area contributed by atoms with E-state index >= 15 is 0 Å². The van der Waals surface area contributed by atoms with E-state index in [-0.39, 0.29) is 11.9 Å². The molecule has 1 unspecified atom stereocenters. The number of hydrogen-bond donors (Lipinski definition) is 1. The van der Waals surface area contributed by atoms with Crippen LogP contribution in [0, 0.1) is 0 Å². The first-order valence-corrected chi connectivity index (χ1v) is 9.92.